The van der Waals surface area contributed by atoms with Gasteiger partial charge in [-0.25, -0.2) is 9.18 Å². The Kier molecular flexibility index (Phi) is 3.42. The van der Waals surface area contributed by atoms with Gasteiger partial charge in [-0.1, -0.05) is 28.1 Å². The number of hydrogen-bond acceptors (Lipinski definition) is 1. The molecule has 70 valence electrons. The zero-order chi connectivity index (χ0) is 9.84. The summed E-state index contributed by atoms with van der Waals surface area (Å²) in [6.07, 6.45) is 0. The molecule has 13 heavy (non-hydrogen) atoms. The molecule has 1 aromatic rings. The molecule has 0 aliphatic carbocycles. The molecule has 0 heterocycles. The zero-order valence-corrected chi connectivity index (χ0v) is 8.34. The second kappa shape index (κ2) is 4.37. The van der Waals surface area contributed by atoms with Gasteiger partial charge in [-0.15, -0.1) is 0 Å². The van der Waals surface area contributed by atoms with Crippen LogP contribution in [-0.4, -0.2) is 11.1 Å². The summed E-state index contributed by atoms with van der Waals surface area (Å²) in [5.41, 5.74) is 1.13. The van der Waals surface area contributed by atoms with Crippen molar-refractivity contribution in [3.63, 3.8) is 0 Å². The highest BCUT2D eigenvalue weighted by Crippen LogP contribution is 2.15. The summed E-state index contributed by atoms with van der Waals surface area (Å²) in [5, 5.41) is 9.28. The normalized spacial score (nSPS) is 10.0. The van der Waals surface area contributed by atoms with Gasteiger partial charge < -0.3 is 5.11 Å². The van der Waals surface area contributed by atoms with E-state index in [-0.39, 0.29) is 11.1 Å². The first kappa shape index (κ1) is 10.2. The number of carbonyl (C=O) groups is 1. The third-order valence-electron chi connectivity index (χ3n) is 1.70. The minimum atomic E-state index is -1.09. The van der Waals surface area contributed by atoms with Crippen molar-refractivity contribution in [2.75, 3.05) is 0 Å². The molecule has 1 aromatic carbocycles. The molecule has 0 amide bonds. The Balaban J connectivity index is 3.15. The number of aromatic carboxylic acids is 1. The number of rotatable bonds is 3. The van der Waals surface area contributed by atoms with E-state index in [1.54, 1.807) is 12.1 Å². The summed E-state index contributed by atoms with van der Waals surface area (Å²) in [7, 11) is 0. The molecular weight excluding hydrogens is 239 g/mol. The molecule has 0 unspecified atom stereocenters. The fraction of sp³-hybridized carbons (Fsp3) is 0.222. The molecule has 0 aromatic heterocycles. The molecule has 0 fully saturated rings. The third-order valence-corrected chi connectivity index (χ3v) is 2.35. The van der Waals surface area contributed by atoms with Gasteiger partial charge in [-0.2, -0.15) is 0 Å². The van der Waals surface area contributed by atoms with Crippen molar-refractivity contribution in [3.8, 4) is 0 Å². The van der Waals surface area contributed by atoms with Crippen LogP contribution in [0.3, 0.4) is 0 Å². The van der Waals surface area contributed by atoms with Crippen molar-refractivity contribution in [2.24, 2.45) is 0 Å². The molecule has 0 saturated heterocycles. The minimum absolute atomic E-state index is 0.0344. The van der Waals surface area contributed by atoms with Crippen LogP contribution < -0.4 is 0 Å². The van der Waals surface area contributed by atoms with Crippen molar-refractivity contribution in [1.82, 2.24) is 0 Å². The van der Waals surface area contributed by atoms with Gasteiger partial charge in [0.25, 0.3) is 0 Å². The lowest BCUT2D eigenvalue weighted by Crippen LogP contribution is -2.01. The smallest absolute Gasteiger partial charge is 0.336 e. The van der Waals surface area contributed by atoms with Crippen LogP contribution in [0.5, 0.6) is 0 Å². The van der Waals surface area contributed by atoms with Gasteiger partial charge >= 0.3 is 5.97 Å². The van der Waals surface area contributed by atoms with Crippen LogP contribution in [-0.2, 0) is 12.0 Å². The van der Waals surface area contributed by atoms with Crippen LogP contribution in [0.2, 0.25) is 0 Å². The van der Waals surface area contributed by atoms with E-state index in [0.29, 0.717) is 5.33 Å². The molecular formula is C9H8BrFO2. The van der Waals surface area contributed by atoms with Crippen LogP contribution in [0.15, 0.2) is 18.2 Å². The van der Waals surface area contributed by atoms with Crippen LogP contribution >= 0.6 is 15.9 Å². The van der Waals surface area contributed by atoms with Crippen LogP contribution in [0, 0.1) is 0 Å². The second-order valence-corrected chi connectivity index (χ2v) is 3.12. The lowest BCUT2D eigenvalue weighted by atomic mass is 10.1. The van der Waals surface area contributed by atoms with E-state index in [0.717, 1.165) is 5.56 Å². The maximum atomic E-state index is 12.4. The highest BCUT2D eigenvalue weighted by Gasteiger charge is 2.09. The molecule has 0 aliphatic heterocycles. The van der Waals surface area contributed by atoms with E-state index in [1.807, 2.05) is 0 Å². The van der Waals surface area contributed by atoms with E-state index in [4.69, 9.17) is 5.11 Å². The first-order valence-electron chi connectivity index (χ1n) is 3.66. The summed E-state index contributed by atoms with van der Waals surface area (Å²) in [5.74, 6) is -1.09. The molecule has 2 nitrogen and oxygen atoms in total. The third kappa shape index (κ3) is 2.28. The van der Waals surface area contributed by atoms with E-state index in [9.17, 15) is 9.18 Å². The highest BCUT2D eigenvalue weighted by molar-refractivity contribution is 9.08. The van der Waals surface area contributed by atoms with E-state index in [1.165, 1.54) is 6.07 Å². The first-order chi connectivity index (χ1) is 6.19. The Morgan fingerprint density at radius 1 is 1.54 bits per heavy atom. The van der Waals surface area contributed by atoms with Gasteiger partial charge in [-0.3, -0.25) is 0 Å². The molecule has 0 spiro atoms. The number of alkyl halides is 2. The lowest BCUT2D eigenvalue weighted by molar-refractivity contribution is 0.0695. The van der Waals surface area contributed by atoms with Gasteiger partial charge in [0, 0.05) is 5.33 Å². The molecule has 4 heteroatoms. The topological polar surface area (TPSA) is 37.3 Å². The first-order valence-corrected chi connectivity index (χ1v) is 4.78. The molecule has 0 aliphatic rings. The largest absolute Gasteiger partial charge is 0.478 e. The maximum absolute atomic E-state index is 12.4. The standard InChI is InChI=1S/C9H8BrFO2/c10-4-6-1-2-8(9(12)13)7(3-6)5-11/h1-3H,4-5H2,(H,12,13). The fourth-order valence-electron chi connectivity index (χ4n) is 1.05. The van der Waals surface area contributed by atoms with Crippen molar-refractivity contribution >= 4 is 21.9 Å². The van der Waals surface area contributed by atoms with E-state index >= 15 is 0 Å². The van der Waals surface area contributed by atoms with Crippen molar-refractivity contribution in [2.45, 2.75) is 12.0 Å². The summed E-state index contributed by atoms with van der Waals surface area (Å²) < 4.78 is 12.4. The minimum Gasteiger partial charge on any atom is -0.478 e. The number of halogens is 2. The molecule has 0 radical (unpaired) electrons. The summed E-state index contributed by atoms with van der Waals surface area (Å²) in [4.78, 5) is 10.6. The predicted molar refractivity (Wildman–Crippen MR) is 50.8 cm³/mol. The molecule has 1 N–H and O–H groups in total. The van der Waals surface area contributed by atoms with Crippen molar-refractivity contribution in [3.05, 3.63) is 34.9 Å². The zero-order valence-electron chi connectivity index (χ0n) is 6.76. The maximum Gasteiger partial charge on any atom is 0.336 e. The summed E-state index contributed by atoms with van der Waals surface area (Å²) in [6, 6.07) is 4.64. The predicted octanol–water partition coefficient (Wildman–Crippen LogP) is 2.75. The van der Waals surface area contributed by atoms with Crippen molar-refractivity contribution < 1.29 is 14.3 Å². The van der Waals surface area contributed by atoms with Gasteiger partial charge in [0.05, 0.1) is 5.56 Å². The summed E-state index contributed by atoms with van der Waals surface area (Å²) in [6.45, 7) is -0.748. The molecule has 1 rings (SSSR count). The Bertz CT molecular complexity index is 325. The Hall–Kier alpha value is -0.900. The number of benzene rings is 1. The SMILES string of the molecule is O=C(O)c1ccc(CBr)cc1CF. The highest BCUT2D eigenvalue weighted by atomic mass is 79.9. The van der Waals surface area contributed by atoms with E-state index in [2.05, 4.69) is 15.9 Å². The average Bonchev–Trinajstić information content (AvgIpc) is 2.16. The Morgan fingerprint density at radius 3 is 2.69 bits per heavy atom. The number of carboxylic acids is 1. The van der Waals surface area contributed by atoms with Crippen LogP contribution in [0.25, 0.3) is 0 Å². The van der Waals surface area contributed by atoms with Gasteiger partial charge in [0.2, 0.25) is 0 Å². The van der Waals surface area contributed by atoms with Crippen molar-refractivity contribution in [1.29, 1.82) is 0 Å². The molecule has 0 saturated carbocycles. The Morgan fingerprint density at radius 2 is 2.23 bits per heavy atom. The van der Waals surface area contributed by atoms with Gasteiger partial charge in [-0.05, 0) is 17.2 Å². The molecule has 0 atom stereocenters. The quantitative estimate of drug-likeness (QED) is 0.834. The second-order valence-electron chi connectivity index (χ2n) is 2.56. The molecule has 0 bridgehead atoms. The van der Waals surface area contributed by atoms with Crippen LogP contribution in [0.4, 0.5) is 4.39 Å². The fourth-order valence-corrected chi connectivity index (χ4v) is 1.40. The Labute approximate surface area is 83.5 Å². The summed E-state index contributed by atoms with van der Waals surface area (Å²) >= 11 is 3.21. The lowest BCUT2D eigenvalue weighted by Gasteiger charge is -2.03. The number of carboxylic acid groups (broad SMARTS) is 1. The van der Waals surface area contributed by atoms with Gasteiger partial charge in [0.1, 0.15) is 6.67 Å². The van der Waals surface area contributed by atoms with Gasteiger partial charge in [0.15, 0.2) is 0 Å². The monoisotopic (exact) mass is 246 g/mol. The van der Waals surface area contributed by atoms with E-state index < -0.39 is 12.6 Å². The number of hydrogen-bond donors (Lipinski definition) is 1. The average molecular weight is 247 g/mol. The van der Waals surface area contributed by atoms with Crippen LogP contribution in [0.1, 0.15) is 21.5 Å².